The van der Waals surface area contributed by atoms with Crippen molar-refractivity contribution in [3.05, 3.63) is 36.4 Å². The number of rotatable bonds is 4. The Morgan fingerprint density at radius 2 is 2.05 bits per heavy atom. The molecule has 0 radical (unpaired) electrons. The van der Waals surface area contributed by atoms with E-state index in [1.54, 1.807) is 18.7 Å². The van der Waals surface area contributed by atoms with E-state index in [1.807, 2.05) is 12.1 Å². The molecule has 3 aromatic heterocycles. The monoisotopic (exact) mass is 269 g/mol. The number of aromatic nitrogens is 5. The van der Waals surface area contributed by atoms with Crippen molar-refractivity contribution >= 4 is 22.9 Å². The molecule has 0 aliphatic heterocycles. The fourth-order valence-electron chi connectivity index (χ4n) is 2.11. The number of pyridine rings is 1. The normalized spacial score (nSPS) is 10.8. The molecule has 0 aliphatic rings. The van der Waals surface area contributed by atoms with Gasteiger partial charge in [0, 0.05) is 25.5 Å². The van der Waals surface area contributed by atoms with Gasteiger partial charge in [0.25, 0.3) is 0 Å². The molecule has 0 atom stereocenters. The zero-order valence-corrected chi connectivity index (χ0v) is 11.1. The van der Waals surface area contributed by atoms with Crippen LogP contribution in [0.15, 0.2) is 30.9 Å². The van der Waals surface area contributed by atoms with Gasteiger partial charge in [-0.1, -0.05) is 0 Å². The average Bonchev–Trinajstić information content (AvgIpc) is 2.93. The zero-order chi connectivity index (χ0) is 13.9. The quantitative estimate of drug-likeness (QED) is 0.742. The van der Waals surface area contributed by atoms with E-state index in [0.717, 1.165) is 30.0 Å². The molecule has 0 amide bonds. The topological polar surface area (TPSA) is 96.6 Å². The summed E-state index contributed by atoms with van der Waals surface area (Å²) in [6, 6.07) is 3.97. The second kappa shape index (κ2) is 5.12. The van der Waals surface area contributed by atoms with Crippen molar-refractivity contribution in [3.63, 3.8) is 0 Å². The Hall–Kier alpha value is -2.70. The van der Waals surface area contributed by atoms with E-state index in [9.17, 15) is 0 Å². The molecular weight excluding hydrogens is 254 g/mol. The van der Waals surface area contributed by atoms with Crippen LogP contribution < -0.4 is 10.6 Å². The van der Waals surface area contributed by atoms with Crippen molar-refractivity contribution in [1.82, 2.24) is 24.9 Å². The molecule has 20 heavy (non-hydrogen) atoms. The summed E-state index contributed by atoms with van der Waals surface area (Å²) in [6.07, 6.45) is 5.16. The Bertz CT molecular complexity index is 707. The van der Waals surface area contributed by atoms with Crippen LogP contribution in [0.1, 0.15) is 12.5 Å². The molecule has 102 valence electrons. The van der Waals surface area contributed by atoms with E-state index in [4.69, 9.17) is 5.73 Å². The average molecular weight is 269 g/mol. The fourth-order valence-corrected chi connectivity index (χ4v) is 2.11. The fraction of sp³-hybridized carbons (Fsp3) is 0.231. The molecule has 0 aromatic carbocycles. The Morgan fingerprint density at radius 3 is 2.80 bits per heavy atom. The number of anilines is 2. The van der Waals surface area contributed by atoms with Gasteiger partial charge in [0.2, 0.25) is 5.95 Å². The summed E-state index contributed by atoms with van der Waals surface area (Å²) in [4.78, 5) is 21.8. The number of imidazole rings is 1. The van der Waals surface area contributed by atoms with Gasteiger partial charge in [0.05, 0.1) is 6.33 Å². The minimum Gasteiger partial charge on any atom is -0.368 e. The van der Waals surface area contributed by atoms with E-state index in [1.165, 1.54) is 0 Å². The van der Waals surface area contributed by atoms with Crippen molar-refractivity contribution in [2.45, 2.75) is 13.5 Å². The van der Waals surface area contributed by atoms with Crippen LogP contribution in [0.25, 0.3) is 11.2 Å². The second-order valence-electron chi connectivity index (χ2n) is 4.38. The number of nitrogens with zero attached hydrogens (tertiary/aromatic N) is 5. The molecular formula is C13H15N7. The lowest BCUT2D eigenvalue weighted by Crippen LogP contribution is -2.24. The van der Waals surface area contributed by atoms with Crippen LogP contribution in [-0.2, 0) is 6.54 Å². The maximum atomic E-state index is 5.76. The Kier molecular flexibility index (Phi) is 3.16. The molecule has 0 aliphatic carbocycles. The van der Waals surface area contributed by atoms with Gasteiger partial charge >= 0.3 is 0 Å². The Labute approximate surface area is 115 Å². The molecule has 0 saturated carbocycles. The van der Waals surface area contributed by atoms with Gasteiger partial charge in [-0.25, -0.2) is 4.98 Å². The highest BCUT2D eigenvalue weighted by atomic mass is 15.2. The molecule has 0 fully saturated rings. The first-order valence-electron chi connectivity index (χ1n) is 6.38. The standard InChI is InChI=1S/C13H15N7/c1-2-20(7-9-3-5-15-6-4-9)12-10-11(17-8-16-10)18-13(14)19-12/h3-6,8H,2,7H2,1H3,(H3,14,16,17,18,19). The zero-order valence-electron chi connectivity index (χ0n) is 11.1. The van der Waals surface area contributed by atoms with Crippen LogP contribution >= 0.6 is 0 Å². The lowest BCUT2D eigenvalue weighted by Gasteiger charge is -2.22. The Morgan fingerprint density at radius 1 is 1.25 bits per heavy atom. The van der Waals surface area contributed by atoms with Gasteiger partial charge in [-0.3, -0.25) is 4.98 Å². The van der Waals surface area contributed by atoms with Crippen molar-refractivity contribution in [2.75, 3.05) is 17.2 Å². The summed E-state index contributed by atoms with van der Waals surface area (Å²) in [5.41, 5.74) is 8.30. The predicted octanol–water partition coefficient (Wildman–Crippen LogP) is 1.36. The minimum atomic E-state index is 0.229. The first kappa shape index (κ1) is 12.3. The first-order chi connectivity index (χ1) is 9.78. The van der Waals surface area contributed by atoms with E-state index in [-0.39, 0.29) is 5.95 Å². The third-order valence-corrected chi connectivity index (χ3v) is 3.09. The lowest BCUT2D eigenvalue weighted by molar-refractivity contribution is 0.815. The largest absolute Gasteiger partial charge is 0.368 e. The van der Waals surface area contributed by atoms with Crippen molar-refractivity contribution in [3.8, 4) is 0 Å². The van der Waals surface area contributed by atoms with Gasteiger partial charge < -0.3 is 15.6 Å². The molecule has 3 rings (SSSR count). The number of hydrogen-bond donors (Lipinski definition) is 2. The van der Waals surface area contributed by atoms with Gasteiger partial charge in [-0.05, 0) is 24.6 Å². The van der Waals surface area contributed by atoms with Gasteiger partial charge in [-0.15, -0.1) is 0 Å². The molecule has 7 nitrogen and oxygen atoms in total. The summed E-state index contributed by atoms with van der Waals surface area (Å²) in [5, 5.41) is 0. The van der Waals surface area contributed by atoms with Crippen molar-refractivity contribution in [1.29, 1.82) is 0 Å². The maximum absolute atomic E-state index is 5.76. The molecule has 7 heteroatoms. The number of fused-ring (bicyclic) bond motifs is 1. The molecule has 3 N–H and O–H groups in total. The lowest BCUT2D eigenvalue weighted by atomic mass is 10.2. The van der Waals surface area contributed by atoms with Crippen LogP contribution in [0.2, 0.25) is 0 Å². The van der Waals surface area contributed by atoms with E-state index in [2.05, 4.69) is 36.7 Å². The molecule has 3 aromatic rings. The summed E-state index contributed by atoms with van der Waals surface area (Å²) in [7, 11) is 0. The highest BCUT2D eigenvalue weighted by Crippen LogP contribution is 2.23. The summed E-state index contributed by atoms with van der Waals surface area (Å²) in [6.45, 7) is 3.60. The van der Waals surface area contributed by atoms with E-state index < -0.39 is 0 Å². The third-order valence-electron chi connectivity index (χ3n) is 3.09. The van der Waals surface area contributed by atoms with Crippen molar-refractivity contribution in [2.24, 2.45) is 0 Å². The third kappa shape index (κ3) is 2.25. The SMILES string of the molecule is CCN(Cc1ccncc1)c1nc(N)nc2nc[nH]c12. The molecule has 0 spiro atoms. The van der Waals surface area contributed by atoms with Crippen LogP contribution in [-0.4, -0.2) is 31.5 Å². The second-order valence-corrected chi connectivity index (χ2v) is 4.38. The summed E-state index contributed by atoms with van der Waals surface area (Å²) in [5.74, 6) is 0.997. The van der Waals surface area contributed by atoms with E-state index in [0.29, 0.717) is 5.65 Å². The Balaban J connectivity index is 2.01. The minimum absolute atomic E-state index is 0.229. The number of nitrogens with two attached hydrogens (primary N) is 1. The number of nitrogen functional groups attached to an aromatic ring is 1. The number of H-pyrrole nitrogens is 1. The van der Waals surface area contributed by atoms with Gasteiger partial charge in [-0.2, -0.15) is 9.97 Å². The van der Waals surface area contributed by atoms with Crippen LogP contribution in [0.3, 0.4) is 0 Å². The van der Waals surface area contributed by atoms with Gasteiger partial charge in [0.15, 0.2) is 11.5 Å². The first-order valence-corrected chi connectivity index (χ1v) is 6.38. The van der Waals surface area contributed by atoms with Crippen LogP contribution in [0, 0.1) is 0 Å². The van der Waals surface area contributed by atoms with Crippen molar-refractivity contribution < 1.29 is 0 Å². The highest BCUT2D eigenvalue weighted by molar-refractivity contribution is 5.84. The molecule has 0 unspecified atom stereocenters. The van der Waals surface area contributed by atoms with Crippen LogP contribution in [0.5, 0.6) is 0 Å². The summed E-state index contributed by atoms with van der Waals surface area (Å²) >= 11 is 0. The number of hydrogen-bond acceptors (Lipinski definition) is 6. The molecule has 0 bridgehead atoms. The van der Waals surface area contributed by atoms with Crippen LogP contribution in [0.4, 0.5) is 11.8 Å². The van der Waals surface area contributed by atoms with Gasteiger partial charge in [0.1, 0.15) is 5.52 Å². The maximum Gasteiger partial charge on any atom is 0.224 e. The number of nitrogens with one attached hydrogen (secondary N) is 1. The smallest absolute Gasteiger partial charge is 0.224 e. The summed E-state index contributed by atoms with van der Waals surface area (Å²) < 4.78 is 0. The molecule has 3 heterocycles. The number of aromatic amines is 1. The molecule has 0 saturated heterocycles. The predicted molar refractivity (Wildman–Crippen MR) is 77.1 cm³/mol. The van der Waals surface area contributed by atoms with E-state index >= 15 is 0 Å². The highest BCUT2D eigenvalue weighted by Gasteiger charge is 2.14.